The molecular weight excluding hydrogens is 789 g/mol. The molecule has 2 aliphatic heterocycles. The van der Waals surface area contributed by atoms with E-state index in [1.807, 2.05) is 0 Å². The smallest absolute Gasteiger partial charge is 0.347 e. The SMILES string of the molecule is CCC(C[C@H]1O[C@@H](n2cnc3c(=O)[nH]c(N)nc32)C(O)C1O)P(=O)(O)OP(=O)(O)CP(=O)(O)OC[C@H]1O[C@@H]([n+]2cn(C)c3c(=O)[nH]c(N)nc32)C(O)C1O. The monoisotopic (exact) mass is 827 g/mol. The van der Waals surface area contributed by atoms with Crippen LogP contribution in [0, 0.1) is 0 Å². The van der Waals surface area contributed by atoms with Crippen molar-refractivity contribution in [2.75, 3.05) is 24.0 Å². The van der Waals surface area contributed by atoms with Gasteiger partial charge in [0.2, 0.25) is 17.7 Å². The van der Waals surface area contributed by atoms with Gasteiger partial charge in [-0.05, 0) is 12.8 Å². The number of hydrogen-bond donors (Lipinski definition) is 11. The first-order valence-corrected chi connectivity index (χ1v) is 21.1. The molecule has 0 bridgehead atoms. The molecule has 6 heterocycles. The molecular formula is C25H38N10O16P3+. The second-order valence-corrected chi connectivity index (χ2v) is 19.2. The second-order valence-electron chi connectivity index (χ2n) is 12.8. The average molecular weight is 828 g/mol. The lowest BCUT2D eigenvalue weighted by Crippen LogP contribution is -2.46. The highest BCUT2D eigenvalue weighted by Crippen LogP contribution is 2.68. The van der Waals surface area contributed by atoms with Crippen molar-refractivity contribution in [3.63, 3.8) is 0 Å². The van der Waals surface area contributed by atoms with Crippen LogP contribution in [-0.2, 0) is 39.1 Å². The molecule has 0 aliphatic carbocycles. The highest BCUT2D eigenvalue weighted by molar-refractivity contribution is 7.75. The van der Waals surface area contributed by atoms with Gasteiger partial charge in [-0.15, -0.1) is 0 Å². The molecule has 4 aromatic rings. The predicted molar refractivity (Wildman–Crippen MR) is 180 cm³/mol. The van der Waals surface area contributed by atoms with Crippen LogP contribution in [0.3, 0.4) is 0 Å². The highest BCUT2D eigenvalue weighted by atomic mass is 31.3. The summed E-state index contributed by atoms with van der Waals surface area (Å²) >= 11 is 0. The summed E-state index contributed by atoms with van der Waals surface area (Å²) in [5.74, 6) is -2.21. The molecule has 26 nitrogen and oxygen atoms in total. The zero-order valence-electron chi connectivity index (χ0n) is 28.2. The third kappa shape index (κ3) is 7.68. The molecule has 6 rings (SSSR count). The summed E-state index contributed by atoms with van der Waals surface area (Å²) in [5, 5.41) is 42.8. The van der Waals surface area contributed by atoms with Gasteiger partial charge in [0.05, 0.1) is 31.7 Å². The summed E-state index contributed by atoms with van der Waals surface area (Å²) in [6.07, 6.45) is -10.8. The van der Waals surface area contributed by atoms with Crippen molar-refractivity contribution in [1.82, 2.24) is 34.1 Å². The van der Waals surface area contributed by atoms with Gasteiger partial charge in [0.15, 0.2) is 29.6 Å². The van der Waals surface area contributed by atoms with Crippen LogP contribution in [-0.4, -0.2) is 124 Å². The Labute approximate surface area is 301 Å². The third-order valence-corrected chi connectivity index (χ3v) is 15.8. The van der Waals surface area contributed by atoms with E-state index in [9.17, 15) is 58.4 Å². The van der Waals surface area contributed by atoms with Crippen molar-refractivity contribution < 1.29 is 71.7 Å². The van der Waals surface area contributed by atoms with Crippen molar-refractivity contribution in [2.24, 2.45) is 7.05 Å². The molecule has 13 N–H and O–H groups in total. The van der Waals surface area contributed by atoms with Gasteiger partial charge in [-0.3, -0.25) is 42.4 Å². The Morgan fingerprint density at radius 2 is 1.59 bits per heavy atom. The summed E-state index contributed by atoms with van der Waals surface area (Å²) in [6.45, 7) is 0.479. The van der Waals surface area contributed by atoms with Gasteiger partial charge in [-0.2, -0.15) is 4.98 Å². The largest absolute Gasteiger partial charge is 0.388 e. The lowest BCUT2D eigenvalue weighted by molar-refractivity contribution is -0.745. The number of aromatic amines is 2. The van der Waals surface area contributed by atoms with Gasteiger partial charge in [0, 0.05) is 0 Å². The quantitative estimate of drug-likeness (QED) is 0.0467. The Kier molecular flexibility index (Phi) is 10.8. The number of hydrogen-bond acceptors (Lipinski definition) is 18. The first kappa shape index (κ1) is 40.2. The number of nitrogens with two attached hydrogens (primary N) is 2. The molecule has 2 saturated heterocycles. The normalized spacial score (nSPS) is 30.0. The lowest BCUT2D eigenvalue weighted by Gasteiger charge is -2.27. The Morgan fingerprint density at radius 1 is 0.944 bits per heavy atom. The zero-order chi connectivity index (χ0) is 39.7. The van der Waals surface area contributed by atoms with Crippen LogP contribution in [0.15, 0.2) is 22.2 Å². The van der Waals surface area contributed by atoms with Gasteiger partial charge < -0.3 is 60.6 Å². The van der Waals surface area contributed by atoms with Crippen LogP contribution in [0.25, 0.3) is 22.3 Å². The van der Waals surface area contributed by atoms with Crippen LogP contribution in [0.2, 0.25) is 0 Å². The topological polar surface area (TPSA) is 400 Å². The number of nitrogen functional groups attached to an aromatic ring is 2. The molecule has 0 radical (unpaired) electrons. The molecule has 0 aromatic carbocycles. The number of aliphatic hydroxyl groups excluding tert-OH is 4. The number of aromatic nitrogens is 8. The van der Waals surface area contributed by atoms with E-state index >= 15 is 0 Å². The van der Waals surface area contributed by atoms with E-state index in [0.717, 1.165) is 10.9 Å². The molecule has 29 heteroatoms. The van der Waals surface area contributed by atoms with Crippen LogP contribution in [0.5, 0.6) is 0 Å². The molecule has 2 aliphatic rings. The molecule has 0 saturated carbocycles. The molecule has 54 heavy (non-hydrogen) atoms. The molecule has 2 fully saturated rings. The number of aryl methyl sites for hydroxylation is 1. The average Bonchev–Trinajstić information content (AvgIpc) is 3.77. The minimum atomic E-state index is -5.43. The van der Waals surface area contributed by atoms with E-state index < -0.39 is 108 Å². The first-order chi connectivity index (χ1) is 25.1. The van der Waals surface area contributed by atoms with Crippen LogP contribution >= 0.6 is 22.8 Å². The summed E-state index contributed by atoms with van der Waals surface area (Å²) in [4.78, 5) is 72.7. The van der Waals surface area contributed by atoms with E-state index in [0.29, 0.717) is 0 Å². The summed E-state index contributed by atoms with van der Waals surface area (Å²) in [7, 11) is -14.3. The predicted octanol–water partition coefficient (Wildman–Crippen LogP) is -3.20. The summed E-state index contributed by atoms with van der Waals surface area (Å²) < 4.78 is 63.9. The number of nitrogens with one attached hydrogen (secondary N) is 2. The first-order valence-electron chi connectivity index (χ1n) is 16.0. The lowest BCUT2D eigenvalue weighted by atomic mass is 10.0. The number of imidazole rings is 2. The number of anilines is 2. The van der Waals surface area contributed by atoms with Gasteiger partial charge in [0.1, 0.15) is 30.5 Å². The van der Waals surface area contributed by atoms with E-state index in [1.54, 1.807) is 0 Å². The third-order valence-electron chi connectivity index (χ3n) is 8.94. The fourth-order valence-electron chi connectivity index (χ4n) is 6.37. The molecule has 8 unspecified atom stereocenters. The van der Waals surface area contributed by atoms with Crippen LogP contribution < -0.4 is 27.2 Å². The van der Waals surface area contributed by atoms with E-state index in [1.165, 1.54) is 29.4 Å². The Morgan fingerprint density at radius 3 is 2.28 bits per heavy atom. The van der Waals surface area contributed by atoms with E-state index in [4.69, 9.17) is 25.5 Å². The molecule has 0 amide bonds. The molecule has 298 valence electrons. The number of aliphatic hydroxyl groups is 4. The number of ether oxygens (including phenoxy) is 2. The number of fused-ring (bicyclic) bond motifs is 2. The fourth-order valence-corrected chi connectivity index (χ4v) is 12.5. The number of rotatable bonds is 13. The van der Waals surface area contributed by atoms with E-state index in [2.05, 4.69) is 29.2 Å². The van der Waals surface area contributed by atoms with Crippen molar-refractivity contribution in [2.45, 2.75) is 74.5 Å². The van der Waals surface area contributed by atoms with E-state index in [-0.39, 0.29) is 40.6 Å². The van der Waals surface area contributed by atoms with Crippen molar-refractivity contribution in [3.05, 3.63) is 33.4 Å². The maximum absolute atomic E-state index is 13.3. The number of H-pyrrole nitrogens is 2. The summed E-state index contributed by atoms with van der Waals surface area (Å²) in [6, 6.07) is 0. The van der Waals surface area contributed by atoms with Crippen LogP contribution in [0.1, 0.15) is 32.2 Å². The zero-order valence-corrected chi connectivity index (χ0v) is 30.8. The Hall–Kier alpha value is -3.45. The maximum atomic E-state index is 13.3. The minimum absolute atomic E-state index is 0.0286. The maximum Gasteiger partial charge on any atom is 0.347 e. The Balaban J connectivity index is 1.09. The van der Waals surface area contributed by atoms with Gasteiger partial charge in [0.25, 0.3) is 17.1 Å². The van der Waals surface area contributed by atoms with Gasteiger partial charge in [-0.1, -0.05) is 11.9 Å². The van der Waals surface area contributed by atoms with Gasteiger partial charge >= 0.3 is 28.4 Å². The van der Waals surface area contributed by atoms with Gasteiger partial charge in [-0.25, -0.2) is 13.9 Å². The molecule has 0 spiro atoms. The summed E-state index contributed by atoms with van der Waals surface area (Å²) in [5.41, 5.74) is 8.19. The fraction of sp³-hybridized carbons (Fsp3) is 0.600. The van der Waals surface area contributed by atoms with Crippen molar-refractivity contribution in [3.8, 4) is 0 Å². The second kappa shape index (κ2) is 14.6. The highest BCUT2D eigenvalue weighted by Gasteiger charge is 2.51. The Bertz CT molecular complexity index is 2330. The molecule has 4 aromatic heterocycles. The molecule has 12 atom stereocenters. The van der Waals surface area contributed by atoms with Crippen molar-refractivity contribution in [1.29, 1.82) is 0 Å². The van der Waals surface area contributed by atoms with Crippen molar-refractivity contribution >= 4 is 57.0 Å². The minimum Gasteiger partial charge on any atom is -0.388 e. The number of nitrogens with zero attached hydrogens (tertiary/aromatic N) is 6. The standard InChI is InChI=1S/C25H37N10O16P3/c1-3-9(4-10-14(36)16(38)22(49-10)34-6-28-12-18(34)29-24(26)31-20(12)40)54(46,47)51-53(44,45)8-52(42,43)48-5-11-15(37)17(39)23(50-11)35-7-33(2)13-19(35)30-25(27)32-21(13)41/h6-7,9-11,14-17,22-23,36-39H,3-5,8H2,1-2H3,(H8-,26,27,29,30,31,32,40,41,42,43,44,45,46,47)/p+1/t9?,10-,11-,14?,15?,16?,17?,22-,23-/m1/s1. The van der Waals surface area contributed by atoms with Crippen LogP contribution in [0.4, 0.5) is 11.9 Å².